The SMILES string of the molecule is CCOc1ccc(C(=O)N[C@@H](C)COc2ccc(OC)cc2)cc1Cl. The molecular formula is C19H22ClNO4. The molecule has 2 aromatic carbocycles. The lowest BCUT2D eigenvalue weighted by atomic mass is 10.2. The molecule has 1 N–H and O–H groups in total. The molecule has 5 nitrogen and oxygen atoms in total. The number of amides is 1. The Balaban J connectivity index is 1.87. The third kappa shape index (κ3) is 5.57. The minimum atomic E-state index is -0.212. The fraction of sp³-hybridized carbons (Fsp3) is 0.316. The first-order chi connectivity index (χ1) is 12.0. The molecule has 0 bridgehead atoms. The predicted octanol–water partition coefficient (Wildman–Crippen LogP) is 3.94. The van der Waals surface area contributed by atoms with Gasteiger partial charge in [0, 0.05) is 5.56 Å². The van der Waals surface area contributed by atoms with Crippen molar-refractivity contribution < 1.29 is 19.0 Å². The van der Waals surface area contributed by atoms with Gasteiger partial charge in [0.25, 0.3) is 5.91 Å². The Kier molecular flexibility index (Phi) is 6.95. The quantitative estimate of drug-likeness (QED) is 0.771. The van der Waals surface area contributed by atoms with Gasteiger partial charge in [0.15, 0.2) is 0 Å². The van der Waals surface area contributed by atoms with E-state index in [0.29, 0.717) is 35.3 Å². The Bertz CT molecular complexity index is 703. The van der Waals surface area contributed by atoms with Gasteiger partial charge in [-0.15, -0.1) is 0 Å². The summed E-state index contributed by atoms with van der Waals surface area (Å²) in [4.78, 5) is 12.3. The molecule has 0 aliphatic rings. The minimum Gasteiger partial charge on any atom is -0.497 e. The standard InChI is InChI=1S/C19H22ClNO4/c1-4-24-18-10-5-14(11-17(18)20)19(22)21-13(2)12-25-16-8-6-15(23-3)7-9-16/h5-11,13H,4,12H2,1-3H3,(H,21,22)/t13-/m0/s1. The lowest BCUT2D eigenvalue weighted by Crippen LogP contribution is -2.36. The zero-order chi connectivity index (χ0) is 18.2. The second-order valence-electron chi connectivity index (χ2n) is 5.44. The molecule has 25 heavy (non-hydrogen) atoms. The van der Waals surface area contributed by atoms with Crippen LogP contribution in [0.25, 0.3) is 0 Å². The number of nitrogens with one attached hydrogen (secondary N) is 1. The topological polar surface area (TPSA) is 56.8 Å². The van der Waals surface area contributed by atoms with E-state index in [9.17, 15) is 4.79 Å². The van der Waals surface area contributed by atoms with Crippen molar-refractivity contribution in [3.05, 3.63) is 53.1 Å². The van der Waals surface area contributed by atoms with Gasteiger partial charge in [-0.05, 0) is 56.3 Å². The number of ether oxygens (including phenoxy) is 3. The highest BCUT2D eigenvalue weighted by molar-refractivity contribution is 6.32. The van der Waals surface area contributed by atoms with Crippen molar-refractivity contribution in [2.75, 3.05) is 20.3 Å². The molecule has 0 saturated carbocycles. The minimum absolute atomic E-state index is 0.167. The smallest absolute Gasteiger partial charge is 0.251 e. The Morgan fingerprint density at radius 1 is 1.12 bits per heavy atom. The maximum Gasteiger partial charge on any atom is 0.251 e. The van der Waals surface area contributed by atoms with Crippen molar-refractivity contribution in [1.29, 1.82) is 0 Å². The molecule has 0 aliphatic heterocycles. The maximum absolute atomic E-state index is 12.3. The summed E-state index contributed by atoms with van der Waals surface area (Å²) < 4.78 is 16.1. The number of hydrogen-bond donors (Lipinski definition) is 1. The van der Waals surface area contributed by atoms with Crippen molar-refractivity contribution in [3.63, 3.8) is 0 Å². The Morgan fingerprint density at radius 3 is 2.40 bits per heavy atom. The van der Waals surface area contributed by atoms with E-state index in [0.717, 1.165) is 5.75 Å². The summed E-state index contributed by atoms with van der Waals surface area (Å²) in [6.07, 6.45) is 0. The first-order valence-corrected chi connectivity index (χ1v) is 8.41. The van der Waals surface area contributed by atoms with Crippen LogP contribution in [0.4, 0.5) is 0 Å². The molecule has 2 rings (SSSR count). The number of rotatable bonds is 8. The summed E-state index contributed by atoms with van der Waals surface area (Å²) >= 11 is 6.11. The van der Waals surface area contributed by atoms with Gasteiger partial charge in [0.2, 0.25) is 0 Å². The Hall–Kier alpha value is -2.40. The van der Waals surface area contributed by atoms with Crippen LogP contribution in [0.2, 0.25) is 5.02 Å². The summed E-state index contributed by atoms with van der Waals surface area (Å²) in [5.74, 6) is 1.83. The highest BCUT2D eigenvalue weighted by Gasteiger charge is 2.12. The molecule has 0 heterocycles. The van der Waals surface area contributed by atoms with Crippen molar-refractivity contribution in [2.24, 2.45) is 0 Å². The fourth-order valence-corrected chi connectivity index (χ4v) is 2.39. The zero-order valence-corrected chi connectivity index (χ0v) is 15.3. The van der Waals surface area contributed by atoms with E-state index in [-0.39, 0.29) is 11.9 Å². The summed E-state index contributed by atoms with van der Waals surface area (Å²) in [5, 5.41) is 3.29. The largest absolute Gasteiger partial charge is 0.497 e. The highest BCUT2D eigenvalue weighted by atomic mass is 35.5. The molecular weight excluding hydrogens is 342 g/mol. The van der Waals surface area contributed by atoms with Crippen LogP contribution in [0, 0.1) is 0 Å². The molecule has 2 aromatic rings. The van der Waals surface area contributed by atoms with Crippen LogP contribution in [0.15, 0.2) is 42.5 Å². The average Bonchev–Trinajstić information content (AvgIpc) is 2.62. The van der Waals surface area contributed by atoms with Crippen LogP contribution < -0.4 is 19.5 Å². The number of benzene rings is 2. The van der Waals surface area contributed by atoms with E-state index in [1.54, 1.807) is 25.3 Å². The van der Waals surface area contributed by atoms with Gasteiger partial charge in [-0.1, -0.05) is 11.6 Å². The Labute approximate surface area is 152 Å². The predicted molar refractivity (Wildman–Crippen MR) is 98.0 cm³/mol. The van der Waals surface area contributed by atoms with E-state index < -0.39 is 0 Å². The number of halogens is 1. The second kappa shape index (κ2) is 9.18. The van der Waals surface area contributed by atoms with Crippen molar-refractivity contribution in [2.45, 2.75) is 19.9 Å². The van der Waals surface area contributed by atoms with E-state index in [4.69, 9.17) is 25.8 Å². The fourth-order valence-electron chi connectivity index (χ4n) is 2.16. The zero-order valence-electron chi connectivity index (χ0n) is 14.5. The number of hydrogen-bond acceptors (Lipinski definition) is 4. The van der Waals surface area contributed by atoms with Crippen LogP contribution in [-0.4, -0.2) is 32.3 Å². The van der Waals surface area contributed by atoms with E-state index in [1.165, 1.54) is 0 Å². The van der Waals surface area contributed by atoms with Crippen LogP contribution >= 0.6 is 11.6 Å². The molecule has 134 valence electrons. The summed E-state index contributed by atoms with van der Waals surface area (Å²) in [6.45, 7) is 4.62. The third-order valence-corrected chi connectivity index (χ3v) is 3.73. The molecule has 6 heteroatoms. The molecule has 0 unspecified atom stereocenters. The second-order valence-corrected chi connectivity index (χ2v) is 5.85. The van der Waals surface area contributed by atoms with Crippen LogP contribution in [0.1, 0.15) is 24.2 Å². The monoisotopic (exact) mass is 363 g/mol. The van der Waals surface area contributed by atoms with Gasteiger partial charge in [-0.2, -0.15) is 0 Å². The lowest BCUT2D eigenvalue weighted by Gasteiger charge is -2.16. The molecule has 0 spiro atoms. The van der Waals surface area contributed by atoms with Crippen LogP contribution in [-0.2, 0) is 0 Å². The molecule has 0 aromatic heterocycles. The van der Waals surface area contributed by atoms with E-state index in [1.807, 2.05) is 38.1 Å². The van der Waals surface area contributed by atoms with E-state index >= 15 is 0 Å². The summed E-state index contributed by atoms with van der Waals surface area (Å²) in [7, 11) is 1.61. The number of methoxy groups -OCH3 is 1. The van der Waals surface area contributed by atoms with Crippen LogP contribution in [0.3, 0.4) is 0 Å². The van der Waals surface area contributed by atoms with Gasteiger partial charge in [-0.25, -0.2) is 0 Å². The third-order valence-electron chi connectivity index (χ3n) is 3.43. The molecule has 0 aliphatic carbocycles. The first kappa shape index (κ1) is 18.9. The van der Waals surface area contributed by atoms with Gasteiger partial charge in [-0.3, -0.25) is 4.79 Å². The highest BCUT2D eigenvalue weighted by Crippen LogP contribution is 2.25. The summed E-state index contributed by atoms with van der Waals surface area (Å²) in [6, 6.07) is 12.1. The van der Waals surface area contributed by atoms with E-state index in [2.05, 4.69) is 5.32 Å². The van der Waals surface area contributed by atoms with Gasteiger partial charge < -0.3 is 19.5 Å². The van der Waals surface area contributed by atoms with Crippen molar-refractivity contribution in [1.82, 2.24) is 5.32 Å². The van der Waals surface area contributed by atoms with Gasteiger partial charge in [0.1, 0.15) is 23.9 Å². The molecule has 1 atom stereocenters. The normalized spacial score (nSPS) is 11.5. The van der Waals surface area contributed by atoms with Gasteiger partial charge >= 0.3 is 0 Å². The van der Waals surface area contributed by atoms with Gasteiger partial charge in [0.05, 0.1) is 24.8 Å². The Morgan fingerprint density at radius 2 is 1.80 bits per heavy atom. The number of carbonyl (C=O) groups is 1. The molecule has 1 amide bonds. The summed E-state index contributed by atoms with van der Waals surface area (Å²) in [5.41, 5.74) is 0.477. The van der Waals surface area contributed by atoms with Crippen LogP contribution in [0.5, 0.6) is 17.2 Å². The molecule has 0 fully saturated rings. The van der Waals surface area contributed by atoms with Crippen molar-refractivity contribution >= 4 is 17.5 Å². The average molecular weight is 364 g/mol. The van der Waals surface area contributed by atoms with Crippen molar-refractivity contribution in [3.8, 4) is 17.2 Å². The first-order valence-electron chi connectivity index (χ1n) is 8.03. The molecule has 0 saturated heterocycles. The lowest BCUT2D eigenvalue weighted by molar-refractivity contribution is 0.0926. The number of carbonyl (C=O) groups excluding carboxylic acids is 1. The maximum atomic E-state index is 12.3. The molecule has 0 radical (unpaired) electrons.